The Labute approximate surface area is 114 Å². The van der Waals surface area contributed by atoms with Crippen molar-refractivity contribution in [1.29, 1.82) is 0 Å². The second-order valence-electron chi connectivity index (χ2n) is 5.68. The summed E-state index contributed by atoms with van der Waals surface area (Å²) in [7, 11) is 1.86. The first-order valence-electron chi connectivity index (χ1n) is 6.64. The van der Waals surface area contributed by atoms with E-state index in [1.54, 1.807) is 4.90 Å². The van der Waals surface area contributed by atoms with Crippen LogP contribution in [0.5, 0.6) is 0 Å². The molecule has 1 heterocycles. The Hall–Kier alpha value is -1.39. The lowest BCUT2D eigenvalue weighted by Crippen LogP contribution is -2.61. The van der Waals surface area contributed by atoms with Crippen LogP contribution in [0.15, 0.2) is 24.3 Å². The number of likely N-dealkylation sites (N-methyl/N-ethyl adjacent to an activating group) is 1. The molecule has 1 saturated heterocycles. The molecule has 0 unspecified atom stereocenters. The van der Waals surface area contributed by atoms with Gasteiger partial charge in [-0.1, -0.05) is 24.3 Å². The summed E-state index contributed by atoms with van der Waals surface area (Å²) < 4.78 is 0. The van der Waals surface area contributed by atoms with E-state index in [1.807, 2.05) is 45.2 Å². The molecule has 0 atom stereocenters. The van der Waals surface area contributed by atoms with Crippen LogP contribution in [-0.4, -0.2) is 46.5 Å². The van der Waals surface area contributed by atoms with E-state index in [2.05, 4.69) is 4.90 Å². The third kappa shape index (κ3) is 2.80. The third-order valence-electron chi connectivity index (χ3n) is 3.94. The van der Waals surface area contributed by atoms with E-state index in [0.717, 1.165) is 25.2 Å². The number of rotatable bonds is 3. The van der Waals surface area contributed by atoms with Crippen LogP contribution in [0.1, 0.15) is 25.0 Å². The van der Waals surface area contributed by atoms with Crippen molar-refractivity contribution in [2.75, 3.05) is 20.1 Å². The maximum atomic E-state index is 12.2. The lowest BCUT2D eigenvalue weighted by molar-refractivity contribution is -0.147. The highest BCUT2D eigenvalue weighted by Gasteiger charge is 2.40. The van der Waals surface area contributed by atoms with Crippen LogP contribution in [0.4, 0.5) is 0 Å². The molecule has 104 valence electrons. The van der Waals surface area contributed by atoms with E-state index < -0.39 is 5.54 Å². The quantitative estimate of drug-likeness (QED) is 0.891. The Bertz CT molecular complexity index is 454. The molecule has 1 aromatic carbocycles. The lowest BCUT2D eigenvalue weighted by atomic mass is 9.97. The Kier molecular flexibility index (Phi) is 3.92. The monoisotopic (exact) mass is 262 g/mol. The molecule has 19 heavy (non-hydrogen) atoms. The number of hydrogen-bond acceptors (Lipinski definition) is 3. The van der Waals surface area contributed by atoms with Crippen molar-refractivity contribution in [2.24, 2.45) is 0 Å². The van der Waals surface area contributed by atoms with Crippen LogP contribution in [0, 0.1) is 0 Å². The summed E-state index contributed by atoms with van der Waals surface area (Å²) in [5.74, 6) is 0.172. The van der Waals surface area contributed by atoms with E-state index in [0.29, 0.717) is 0 Å². The van der Waals surface area contributed by atoms with Gasteiger partial charge in [0.1, 0.15) is 0 Å². The van der Waals surface area contributed by atoms with E-state index in [1.165, 1.54) is 5.56 Å². The Morgan fingerprint density at radius 3 is 2.32 bits per heavy atom. The number of benzene rings is 1. The fourth-order valence-electron chi connectivity index (χ4n) is 2.50. The average Bonchev–Trinajstić information content (AvgIpc) is 2.41. The summed E-state index contributed by atoms with van der Waals surface area (Å²) in [5, 5.41) is 9.04. The molecule has 0 spiro atoms. The standard InChI is InChI=1S/C15H22N2O2/c1-15(2)14(19)16(3)8-9-17(15)10-12-4-6-13(11-18)7-5-12/h4-7,18H,8-11H2,1-3H3. The summed E-state index contributed by atoms with van der Waals surface area (Å²) in [4.78, 5) is 16.2. The maximum absolute atomic E-state index is 12.2. The molecule has 1 aliphatic rings. The van der Waals surface area contributed by atoms with Gasteiger partial charge in [0.05, 0.1) is 12.1 Å². The van der Waals surface area contributed by atoms with Crippen LogP contribution in [0.3, 0.4) is 0 Å². The fraction of sp³-hybridized carbons (Fsp3) is 0.533. The van der Waals surface area contributed by atoms with Gasteiger partial charge in [0.25, 0.3) is 0 Å². The fourth-order valence-corrected chi connectivity index (χ4v) is 2.50. The van der Waals surface area contributed by atoms with Crippen LogP contribution in [0.2, 0.25) is 0 Å². The Balaban J connectivity index is 2.11. The number of aliphatic hydroxyl groups excluding tert-OH is 1. The number of carbonyl (C=O) groups is 1. The lowest BCUT2D eigenvalue weighted by Gasteiger charge is -2.44. The van der Waals surface area contributed by atoms with Crippen molar-refractivity contribution in [3.63, 3.8) is 0 Å². The number of amides is 1. The molecular weight excluding hydrogens is 240 g/mol. The smallest absolute Gasteiger partial charge is 0.242 e. The zero-order valence-corrected chi connectivity index (χ0v) is 11.9. The highest BCUT2D eigenvalue weighted by atomic mass is 16.3. The normalized spacial score (nSPS) is 19.8. The van der Waals surface area contributed by atoms with Crippen molar-refractivity contribution < 1.29 is 9.90 Å². The molecule has 1 aromatic rings. The van der Waals surface area contributed by atoms with Crippen molar-refractivity contribution >= 4 is 5.91 Å². The topological polar surface area (TPSA) is 43.8 Å². The third-order valence-corrected chi connectivity index (χ3v) is 3.94. The van der Waals surface area contributed by atoms with Crippen LogP contribution in [0.25, 0.3) is 0 Å². The first-order chi connectivity index (χ1) is 8.95. The zero-order chi connectivity index (χ0) is 14.0. The Morgan fingerprint density at radius 2 is 1.74 bits per heavy atom. The molecular formula is C15H22N2O2. The van der Waals surface area contributed by atoms with Crippen LogP contribution in [-0.2, 0) is 17.9 Å². The van der Waals surface area contributed by atoms with Gasteiger partial charge < -0.3 is 10.0 Å². The van der Waals surface area contributed by atoms with E-state index in [9.17, 15) is 4.79 Å². The van der Waals surface area contributed by atoms with Gasteiger partial charge in [0.2, 0.25) is 5.91 Å². The number of nitrogens with zero attached hydrogens (tertiary/aromatic N) is 2. The highest BCUT2D eigenvalue weighted by Crippen LogP contribution is 2.23. The minimum atomic E-state index is -0.456. The second-order valence-corrected chi connectivity index (χ2v) is 5.68. The van der Waals surface area contributed by atoms with E-state index in [-0.39, 0.29) is 12.5 Å². The molecule has 0 aliphatic carbocycles. The van der Waals surface area contributed by atoms with Gasteiger partial charge in [-0.05, 0) is 25.0 Å². The summed E-state index contributed by atoms with van der Waals surface area (Å²) in [6.07, 6.45) is 0. The number of aliphatic hydroxyl groups is 1. The van der Waals surface area contributed by atoms with Gasteiger partial charge >= 0.3 is 0 Å². The van der Waals surface area contributed by atoms with Gasteiger partial charge in [0, 0.05) is 26.7 Å². The molecule has 2 rings (SSSR count). The number of hydrogen-bond donors (Lipinski definition) is 1. The SMILES string of the molecule is CN1CCN(Cc2ccc(CO)cc2)C(C)(C)C1=O. The van der Waals surface area contributed by atoms with Gasteiger partial charge in [-0.25, -0.2) is 0 Å². The first-order valence-corrected chi connectivity index (χ1v) is 6.64. The molecule has 0 radical (unpaired) electrons. The summed E-state index contributed by atoms with van der Waals surface area (Å²) >= 11 is 0. The molecule has 4 heteroatoms. The molecule has 4 nitrogen and oxygen atoms in total. The molecule has 0 saturated carbocycles. The summed E-state index contributed by atoms with van der Waals surface area (Å²) in [5.41, 5.74) is 1.63. The van der Waals surface area contributed by atoms with Gasteiger partial charge in [-0.15, -0.1) is 0 Å². The first kappa shape index (κ1) is 14.0. The molecule has 0 bridgehead atoms. The van der Waals surface area contributed by atoms with Crippen molar-refractivity contribution in [3.05, 3.63) is 35.4 Å². The Morgan fingerprint density at radius 1 is 1.16 bits per heavy atom. The van der Waals surface area contributed by atoms with E-state index in [4.69, 9.17) is 5.11 Å². The average molecular weight is 262 g/mol. The minimum absolute atomic E-state index is 0.0682. The predicted octanol–water partition coefficient (Wildman–Crippen LogP) is 1.23. The predicted molar refractivity (Wildman–Crippen MR) is 74.5 cm³/mol. The number of carbonyl (C=O) groups excluding carboxylic acids is 1. The summed E-state index contributed by atoms with van der Waals surface area (Å²) in [6, 6.07) is 7.90. The van der Waals surface area contributed by atoms with Crippen molar-refractivity contribution in [2.45, 2.75) is 32.5 Å². The van der Waals surface area contributed by atoms with Gasteiger partial charge in [0.15, 0.2) is 0 Å². The minimum Gasteiger partial charge on any atom is -0.392 e. The summed E-state index contributed by atoms with van der Waals surface area (Å²) in [6.45, 7) is 6.45. The number of piperazine rings is 1. The van der Waals surface area contributed by atoms with Crippen LogP contribution < -0.4 is 0 Å². The maximum Gasteiger partial charge on any atom is 0.242 e. The van der Waals surface area contributed by atoms with Gasteiger partial charge in [-0.2, -0.15) is 0 Å². The largest absolute Gasteiger partial charge is 0.392 e. The second kappa shape index (κ2) is 5.31. The molecule has 1 amide bonds. The van der Waals surface area contributed by atoms with E-state index >= 15 is 0 Å². The zero-order valence-electron chi connectivity index (χ0n) is 11.9. The van der Waals surface area contributed by atoms with Crippen molar-refractivity contribution in [3.8, 4) is 0 Å². The van der Waals surface area contributed by atoms with Gasteiger partial charge in [-0.3, -0.25) is 9.69 Å². The molecule has 1 aliphatic heterocycles. The highest BCUT2D eigenvalue weighted by molar-refractivity contribution is 5.86. The molecule has 1 N–H and O–H groups in total. The molecule has 0 aromatic heterocycles. The van der Waals surface area contributed by atoms with Crippen molar-refractivity contribution in [1.82, 2.24) is 9.80 Å². The van der Waals surface area contributed by atoms with Crippen LogP contribution >= 0.6 is 0 Å². The molecule has 1 fully saturated rings.